The van der Waals surface area contributed by atoms with Crippen molar-refractivity contribution in [2.24, 2.45) is 5.92 Å². The van der Waals surface area contributed by atoms with Crippen LogP contribution in [-0.2, 0) is 20.8 Å². The molecule has 1 aromatic heterocycles. The third-order valence-electron chi connectivity index (χ3n) is 4.33. The summed E-state index contributed by atoms with van der Waals surface area (Å²) in [5, 5.41) is 2.05. The van der Waals surface area contributed by atoms with Gasteiger partial charge in [-0.1, -0.05) is 6.07 Å². The van der Waals surface area contributed by atoms with E-state index in [0.29, 0.717) is 32.2 Å². The average Bonchev–Trinajstić information content (AvgIpc) is 3.21. The number of carbonyl (C=O) groups excluding carboxylic acids is 1. The van der Waals surface area contributed by atoms with Crippen LogP contribution in [0.1, 0.15) is 17.7 Å². The minimum atomic E-state index is -0.0678. The molecular formula is C16H24N2O3S. The van der Waals surface area contributed by atoms with Gasteiger partial charge in [0, 0.05) is 24.4 Å². The number of rotatable bonds is 5. The summed E-state index contributed by atoms with van der Waals surface area (Å²) in [5.74, 6) is 0.578. The summed E-state index contributed by atoms with van der Waals surface area (Å²) in [6.45, 7) is 4.46. The first-order chi connectivity index (χ1) is 10.7. The number of ether oxygens (including phenoxy) is 2. The Morgan fingerprint density at radius 3 is 3.00 bits per heavy atom. The highest BCUT2D eigenvalue weighted by atomic mass is 32.1. The predicted octanol–water partition coefficient (Wildman–Crippen LogP) is 1.79. The van der Waals surface area contributed by atoms with Crippen molar-refractivity contribution in [2.45, 2.75) is 25.7 Å². The maximum Gasteiger partial charge on any atom is 0.236 e. The summed E-state index contributed by atoms with van der Waals surface area (Å²) in [6, 6.07) is 4.09. The van der Waals surface area contributed by atoms with Gasteiger partial charge in [-0.3, -0.25) is 9.69 Å². The Balaban J connectivity index is 1.47. The van der Waals surface area contributed by atoms with Gasteiger partial charge in [-0.05, 0) is 30.8 Å². The number of hydrogen-bond acceptors (Lipinski definition) is 5. The Morgan fingerprint density at radius 2 is 2.27 bits per heavy atom. The monoisotopic (exact) mass is 324 g/mol. The van der Waals surface area contributed by atoms with Crippen LogP contribution in [0.5, 0.6) is 0 Å². The average molecular weight is 324 g/mol. The van der Waals surface area contributed by atoms with Crippen LogP contribution in [0.25, 0.3) is 0 Å². The van der Waals surface area contributed by atoms with Crippen molar-refractivity contribution in [1.29, 1.82) is 0 Å². The minimum absolute atomic E-state index is 0.0678. The van der Waals surface area contributed by atoms with Crippen molar-refractivity contribution >= 4 is 17.2 Å². The fourth-order valence-electron chi connectivity index (χ4n) is 3.14. The predicted molar refractivity (Wildman–Crippen MR) is 85.6 cm³/mol. The SMILES string of the molecule is CN(Cc1cccs1)C(=O)CN1CCCC(C2OCCO2)C1. The Morgan fingerprint density at radius 1 is 1.45 bits per heavy atom. The van der Waals surface area contributed by atoms with Crippen LogP contribution in [0.2, 0.25) is 0 Å². The van der Waals surface area contributed by atoms with Crippen molar-refractivity contribution in [3.8, 4) is 0 Å². The Labute approximate surface area is 135 Å². The summed E-state index contributed by atoms with van der Waals surface area (Å²) in [5.41, 5.74) is 0. The molecule has 2 aliphatic rings. The Bertz CT molecular complexity index is 474. The quantitative estimate of drug-likeness (QED) is 0.828. The van der Waals surface area contributed by atoms with E-state index in [9.17, 15) is 4.79 Å². The zero-order chi connectivity index (χ0) is 15.4. The minimum Gasteiger partial charge on any atom is -0.350 e. The normalized spacial score (nSPS) is 23.8. The van der Waals surface area contributed by atoms with E-state index in [0.717, 1.165) is 25.9 Å². The topological polar surface area (TPSA) is 42.0 Å². The van der Waals surface area contributed by atoms with E-state index in [4.69, 9.17) is 9.47 Å². The molecule has 0 saturated carbocycles. The van der Waals surface area contributed by atoms with Gasteiger partial charge in [0.2, 0.25) is 5.91 Å². The number of hydrogen-bond donors (Lipinski definition) is 0. The standard InChI is InChI=1S/C16H24N2O3S/c1-17(11-14-5-3-9-22-14)15(19)12-18-6-2-4-13(10-18)16-20-7-8-21-16/h3,5,9,13,16H,2,4,6-8,10-12H2,1H3. The number of likely N-dealkylation sites (tertiary alicyclic amines) is 1. The number of thiophene rings is 1. The van der Waals surface area contributed by atoms with Gasteiger partial charge in [-0.25, -0.2) is 0 Å². The molecule has 6 heteroatoms. The van der Waals surface area contributed by atoms with Crippen molar-refractivity contribution in [1.82, 2.24) is 9.80 Å². The highest BCUT2D eigenvalue weighted by molar-refractivity contribution is 7.09. The van der Waals surface area contributed by atoms with Crippen LogP contribution in [0.15, 0.2) is 17.5 Å². The summed E-state index contributed by atoms with van der Waals surface area (Å²) < 4.78 is 11.2. The largest absolute Gasteiger partial charge is 0.350 e. The van der Waals surface area contributed by atoms with Gasteiger partial charge in [-0.2, -0.15) is 0 Å². The zero-order valence-electron chi connectivity index (χ0n) is 13.1. The molecule has 1 unspecified atom stereocenters. The second-order valence-electron chi connectivity index (χ2n) is 6.08. The van der Waals surface area contributed by atoms with Gasteiger partial charge in [-0.15, -0.1) is 11.3 Å². The summed E-state index contributed by atoms with van der Waals surface area (Å²) in [7, 11) is 1.88. The van der Waals surface area contributed by atoms with Crippen LogP contribution in [0.4, 0.5) is 0 Å². The molecule has 3 heterocycles. The lowest BCUT2D eigenvalue weighted by Gasteiger charge is -2.35. The smallest absolute Gasteiger partial charge is 0.236 e. The van der Waals surface area contributed by atoms with Gasteiger partial charge >= 0.3 is 0 Å². The van der Waals surface area contributed by atoms with Crippen LogP contribution >= 0.6 is 11.3 Å². The molecule has 1 atom stereocenters. The molecule has 2 fully saturated rings. The van der Waals surface area contributed by atoms with Gasteiger partial charge < -0.3 is 14.4 Å². The third-order valence-corrected chi connectivity index (χ3v) is 5.19. The van der Waals surface area contributed by atoms with Gasteiger partial charge in [0.15, 0.2) is 6.29 Å². The first-order valence-corrected chi connectivity index (χ1v) is 8.82. The van der Waals surface area contributed by atoms with E-state index in [-0.39, 0.29) is 12.2 Å². The zero-order valence-corrected chi connectivity index (χ0v) is 13.9. The molecule has 22 heavy (non-hydrogen) atoms. The molecule has 3 rings (SSSR count). The van der Waals surface area contributed by atoms with Crippen molar-refractivity contribution in [3.63, 3.8) is 0 Å². The molecule has 0 spiro atoms. The first kappa shape index (κ1) is 15.9. The molecule has 0 aromatic carbocycles. The third kappa shape index (κ3) is 4.07. The highest BCUT2D eigenvalue weighted by Crippen LogP contribution is 2.24. The van der Waals surface area contributed by atoms with Crippen molar-refractivity contribution < 1.29 is 14.3 Å². The molecule has 2 saturated heterocycles. The Hall–Kier alpha value is -0.950. The summed E-state index contributed by atoms with van der Waals surface area (Å²) in [6.07, 6.45) is 2.16. The Kier molecular flexibility index (Phi) is 5.46. The van der Waals surface area contributed by atoms with Gasteiger partial charge in [0.05, 0.1) is 26.3 Å². The lowest BCUT2D eigenvalue weighted by molar-refractivity contribution is -0.134. The van der Waals surface area contributed by atoms with E-state index < -0.39 is 0 Å². The van der Waals surface area contributed by atoms with E-state index in [1.54, 1.807) is 11.3 Å². The van der Waals surface area contributed by atoms with Crippen LogP contribution in [0, 0.1) is 5.92 Å². The van der Waals surface area contributed by atoms with E-state index in [1.165, 1.54) is 4.88 Å². The maximum absolute atomic E-state index is 12.4. The summed E-state index contributed by atoms with van der Waals surface area (Å²) in [4.78, 5) is 17.7. The summed E-state index contributed by atoms with van der Waals surface area (Å²) >= 11 is 1.69. The van der Waals surface area contributed by atoms with E-state index >= 15 is 0 Å². The number of amides is 1. The molecular weight excluding hydrogens is 300 g/mol. The van der Waals surface area contributed by atoms with Crippen molar-refractivity contribution in [2.75, 3.05) is 39.9 Å². The fourth-order valence-corrected chi connectivity index (χ4v) is 3.90. The first-order valence-electron chi connectivity index (χ1n) is 7.94. The number of piperidine rings is 1. The molecule has 122 valence electrons. The highest BCUT2D eigenvalue weighted by Gasteiger charge is 2.31. The van der Waals surface area contributed by atoms with Gasteiger partial charge in [0.25, 0.3) is 0 Å². The molecule has 1 amide bonds. The van der Waals surface area contributed by atoms with Crippen LogP contribution in [-0.4, -0.2) is 61.9 Å². The number of carbonyl (C=O) groups is 1. The second kappa shape index (κ2) is 7.55. The number of nitrogens with zero attached hydrogens (tertiary/aromatic N) is 2. The maximum atomic E-state index is 12.4. The molecule has 5 nitrogen and oxygen atoms in total. The lowest BCUT2D eigenvalue weighted by Crippen LogP contribution is -2.45. The molecule has 0 bridgehead atoms. The molecule has 0 N–H and O–H groups in total. The fraction of sp³-hybridized carbons (Fsp3) is 0.688. The lowest BCUT2D eigenvalue weighted by atomic mass is 9.97. The van der Waals surface area contributed by atoms with E-state index in [1.807, 2.05) is 23.4 Å². The van der Waals surface area contributed by atoms with Crippen molar-refractivity contribution in [3.05, 3.63) is 22.4 Å². The van der Waals surface area contributed by atoms with Crippen LogP contribution in [0.3, 0.4) is 0 Å². The van der Waals surface area contributed by atoms with Crippen LogP contribution < -0.4 is 0 Å². The second-order valence-corrected chi connectivity index (χ2v) is 7.11. The molecule has 0 radical (unpaired) electrons. The van der Waals surface area contributed by atoms with Gasteiger partial charge in [0.1, 0.15) is 0 Å². The molecule has 2 aliphatic heterocycles. The molecule has 0 aliphatic carbocycles. The van der Waals surface area contributed by atoms with E-state index in [2.05, 4.69) is 11.0 Å². The number of likely N-dealkylation sites (N-methyl/N-ethyl adjacent to an activating group) is 1. The molecule has 1 aromatic rings.